The van der Waals surface area contributed by atoms with Crippen LogP contribution in [0.4, 0.5) is 0 Å². The number of benzene rings is 1. The van der Waals surface area contributed by atoms with Gasteiger partial charge in [-0.3, -0.25) is 4.79 Å². The largest absolute Gasteiger partial charge is 0.351 e. The second-order valence-corrected chi connectivity index (χ2v) is 10.4. The predicted octanol–water partition coefficient (Wildman–Crippen LogP) is 3.19. The van der Waals surface area contributed by atoms with Crippen molar-refractivity contribution >= 4 is 27.7 Å². The van der Waals surface area contributed by atoms with Gasteiger partial charge in [-0.25, -0.2) is 8.42 Å². The number of aryl methyl sites for hydroxylation is 1. The first-order valence-electron chi connectivity index (χ1n) is 9.49. The smallest absolute Gasteiger partial charge is 0.251 e. The van der Waals surface area contributed by atoms with Gasteiger partial charge in [-0.15, -0.1) is 0 Å². The molecule has 0 atom stereocenters. The van der Waals surface area contributed by atoms with Crippen LogP contribution in [0.25, 0.3) is 0 Å². The van der Waals surface area contributed by atoms with Crippen LogP contribution in [0.2, 0.25) is 0 Å². The molecule has 0 radical (unpaired) electrons. The van der Waals surface area contributed by atoms with Crippen LogP contribution in [0.1, 0.15) is 54.4 Å². The first kappa shape index (κ1) is 19.7. The van der Waals surface area contributed by atoms with Crippen molar-refractivity contribution in [1.82, 2.24) is 9.62 Å². The molecule has 1 saturated carbocycles. The molecule has 1 aromatic rings. The number of rotatable bonds is 7. The van der Waals surface area contributed by atoms with Crippen molar-refractivity contribution in [2.75, 3.05) is 25.4 Å². The molecule has 26 heavy (non-hydrogen) atoms. The van der Waals surface area contributed by atoms with E-state index in [0.717, 1.165) is 23.8 Å². The number of hydrogen-bond donors (Lipinski definition) is 1. The van der Waals surface area contributed by atoms with E-state index in [1.54, 1.807) is 19.1 Å². The Morgan fingerprint density at radius 3 is 2.58 bits per heavy atom. The van der Waals surface area contributed by atoms with Gasteiger partial charge in [0.1, 0.15) is 0 Å². The Morgan fingerprint density at radius 2 is 1.88 bits per heavy atom. The average Bonchev–Trinajstić information content (AvgIpc) is 3.32. The lowest BCUT2D eigenvalue weighted by atomic mass is 10.1. The van der Waals surface area contributed by atoms with Crippen LogP contribution in [0.15, 0.2) is 23.1 Å². The highest BCUT2D eigenvalue weighted by Gasteiger charge is 2.29. The van der Waals surface area contributed by atoms with Gasteiger partial charge < -0.3 is 5.32 Å². The molecule has 1 aliphatic carbocycles. The zero-order valence-corrected chi connectivity index (χ0v) is 17.0. The first-order chi connectivity index (χ1) is 12.5. The highest BCUT2D eigenvalue weighted by Crippen LogP contribution is 2.29. The standard InChI is InChI=1S/C19H28N2O3S2/c1-15-8-9-16(14-18(15)26(23,24)21-11-4-5-12-21)19(22)20-10-13-25-17-6-2-3-7-17/h8-9,14,17H,2-7,10-13H2,1H3,(H,20,22). The fourth-order valence-corrected chi connectivity index (χ4v) is 6.62. The van der Waals surface area contributed by atoms with Gasteiger partial charge in [-0.2, -0.15) is 16.1 Å². The third-order valence-corrected chi connectivity index (χ3v) is 8.60. The lowest BCUT2D eigenvalue weighted by Crippen LogP contribution is -2.29. The van der Waals surface area contributed by atoms with E-state index in [2.05, 4.69) is 5.32 Å². The van der Waals surface area contributed by atoms with Crippen molar-refractivity contribution in [1.29, 1.82) is 0 Å². The van der Waals surface area contributed by atoms with Crippen LogP contribution in [0.5, 0.6) is 0 Å². The van der Waals surface area contributed by atoms with Gasteiger partial charge in [-0.05, 0) is 50.3 Å². The van der Waals surface area contributed by atoms with Gasteiger partial charge in [0.2, 0.25) is 10.0 Å². The SMILES string of the molecule is Cc1ccc(C(=O)NCCSC2CCCC2)cc1S(=O)(=O)N1CCCC1. The molecule has 1 heterocycles. The Bertz CT molecular complexity index is 737. The van der Waals surface area contributed by atoms with Crippen LogP contribution >= 0.6 is 11.8 Å². The van der Waals surface area contributed by atoms with Crippen molar-refractivity contribution < 1.29 is 13.2 Å². The lowest BCUT2D eigenvalue weighted by molar-refractivity contribution is 0.0956. The Morgan fingerprint density at radius 1 is 1.19 bits per heavy atom. The maximum Gasteiger partial charge on any atom is 0.251 e. The average molecular weight is 397 g/mol. The van der Waals surface area contributed by atoms with E-state index in [4.69, 9.17) is 0 Å². The van der Waals surface area contributed by atoms with Crippen LogP contribution in [0, 0.1) is 6.92 Å². The van der Waals surface area contributed by atoms with Crippen molar-refractivity contribution in [2.24, 2.45) is 0 Å². The summed E-state index contributed by atoms with van der Waals surface area (Å²) in [5.74, 6) is 0.705. The van der Waals surface area contributed by atoms with Gasteiger partial charge in [-0.1, -0.05) is 18.9 Å². The van der Waals surface area contributed by atoms with Crippen LogP contribution in [-0.2, 0) is 10.0 Å². The molecular weight excluding hydrogens is 368 g/mol. The summed E-state index contributed by atoms with van der Waals surface area (Å²) in [4.78, 5) is 12.7. The second kappa shape index (κ2) is 8.76. The Balaban J connectivity index is 1.61. The maximum absolute atomic E-state index is 12.8. The quantitative estimate of drug-likeness (QED) is 0.719. The van der Waals surface area contributed by atoms with E-state index in [9.17, 15) is 13.2 Å². The molecule has 0 bridgehead atoms. The first-order valence-corrected chi connectivity index (χ1v) is 12.0. The normalized spacial score (nSPS) is 19.1. The van der Waals surface area contributed by atoms with Crippen molar-refractivity contribution in [2.45, 2.75) is 55.6 Å². The van der Waals surface area contributed by atoms with E-state index in [1.165, 1.54) is 36.1 Å². The van der Waals surface area contributed by atoms with Crippen molar-refractivity contribution in [3.63, 3.8) is 0 Å². The summed E-state index contributed by atoms with van der Waals surface area (Å²) in [6.45, 7) is 3.53. The number of carbonyl (C=O) groups excluding carboxylic acids is 1. The molecule has 2 fully saturated rings. The fourth-order valence-electron chi connectivity index (χ4n) is 3.63. The van der Waals surface area contributed by atoms with E-state index < -0.39 is 10.0 Å². The summed E-state index contributed by atoms with van der Waals surface area (Å²) in [7, 11) is -3.51. The molecule has 5 nitrogen and oxygen atoms in total. The summed E-state index contributed by atoms with van der Waals surface area (Å²) in [6, 6.07) is 4.96. The summed E-state index contributed by atoms with van der Waals surface area (Å²) in [6.07, 6.45) is 7.01. The number of amides is 1. The zero-order chi connectivity index (χ0) is 18.6. The molecule has 0 aromatic heterocycles. The maximum atomic E-state index is 12.8. The summed E-state index contributed by atoms with van der Waals surface area (Å²) in [5, 5.41) is 3.66. The monoisotopic (exact) mass is 396 g/mol. The Hall–Kier alpha value is -1.05. The number of carbonyl (C=O) groups is 1. The number of sulfonamides is 1. The molecule has 0 spiro atoms. The van der Waals surface area contributed by atoms with E-state index in [-0.39, 0.29) is 10.8 Å². The summed E-state index contributed by atoms with van der Waals surface area (Å²) < 4.78 is 27.2. The van der Waals surface area contributed by atoms with Gasteiger partial charge in [0.05, 0.1) is 4.90 Å². The zero-order valence-electron chi connectivity index (χ0n) is 15.4. The molecule has 144 valence electrons. The third-order valence-electron chi connectivity index (χ3n) is 5.18. The third kappa shape index (κ3) is 4.61. The van der Waals surface area contributed by atoms with Gasteiger partial charge in [0, 0.05) is 36.2 Å². The Labute approximate surface area is 161 Å². The second-order valence-electron chi connectivity index (χ2n) is 7.12. The predicted molar refractivity (Wildman–Crippen MR) is 106 cm³/mol. The molecule has 0 unspecified atom stereocenters. The number of nitrogens with one attached hydrogen (secondary N) is 1. The highest BCUT2D eigenvalue weighted by molar-refractivity contribution is 7.99. The summed E-state index contributed by atoms with van der Waals surface area (Å²) >= 11 is 1.93. The van der Waals surface area contributed by atoms with E-state index in [1.807, 2.05) is 11.8 Å². The lowest BCUT2D eigenvalue weighted by Gasteiger charge is -2.18. The number of nitrogens with zero attached hydrogens (tertiary/aromatic N) is 1. The molecule has 3 rings (SSSR count). The molecule has 7 heteroatoms. The van der Waals surface area contributed by atoms with Crippen LogP contribution in [-0.4, -0.2) is 49.3 Å². The molecule has 1 amide bonds. The molecule has 1 saturated heterocycles. The Kier molecular flexibility index (Phi) is 6.64. The number of hydrogen-bond acceptors (Lipinski definition) is 4. The molecular formula is C19H28N2O3S2. The minimum absolute atomic E-state index is 0.199. The van der Waals surface area contributed by atoms with Crippen molar-refractivity contribution in [3.8, 4) is 0 Å². The summed E-state index contributed by atoms with van der Waals surface area (Å²) in [5.41, 5.74) is 1.10. The molecule has 1 aromatic carbocycles. The number of thioether (sulfide) groups is 1. The fraction of sp³-hybridized carbons (Fsp3) is 0.632. The van der Waals surface area contributed by atoms with Crippen LogP contribution in [0.3, 0.4) is 0 Å². The van der Waals surface area contributed by atoms with E-state index in [0.29, 0.717) is 30.8 Å². The van der Waals surface area contributed by atoms with Gasteiger partial charge >= 0.3 is 0 Å². The van der Waals surface area contributed by atoms with Gasteiger partial charge in [0.25, 0.3) is 5.91 Å². The highest BCUT2D eigenvalue weighted by atomic mass is 32.2. The topological polar surface area (TPSA) is 66.5 Å². The molecule has 1 N–H and O–H groups in total. The minimum Gasteiger partial charge on any atom is -0.351 e. The van der Waals surface area contributed by atoms with Gasteiger partial charge in [0.15, 0.2) is 0 Å². The minimum atomic E-state index is -3.51. The molecule has 2 aliphatic rings. The molecule has 1 aliphatic heterocycles. The van der Waals surface area contributed by atoms with E-state index >= 15 is 0 Å². The van der Waals surface area contributed by atoms with Crippen molar-refractivity contribution in [3.05, 3.63) is 29.3 Å². The van der Waals surface area contributed by atoms with Crippen LogP contribution < -0.4 is 5.32 Å².